The average Bonchev–Trinajstić information content (AvgIpc) is 2.24. The number of rotatable bonds is 4. The number of nitrogens with two attached hydrogens (primary N) is 1. The van der Waals surface area contributed by atoms with E-state index in [1.807, 2.05) is 13.8 Å². The molecule has 0 aromatic rings. The molecule has 0 radical (unpaired) electrons. The number of carbonyl (C=O) groups is 1. The van der Waals surface area contributed by atoms with Gasteiger partial charge in [0.15, 0.2) is 0 Å². The predicted octanol–water partition coefficient (Wildman–Crippen LogP) is 0.428. The van der Waals surface area contributed by atoms with E-state index in [1.165, 1.54) is 19.4 Å². The highest BCUT2D eigenvalue weighted by Gasteiger charge is 2.20. The van der Waals surface area contributed by atoms with E-state index in [0.717, 1.165) is 13.1 Å². The molecular formula is C12H25N3O. The van der Waals surface area contributed by atoms with Gasteiger partial charge < -0.3 is 16.0 Å². The van der Waals surface area contributed by atoms with E-state index in [-0.39, 0.29) is 17.9 Å². The fraction of sp³-hybridized carbons (Fsp3) is 0.917. The van der Waals surface area contributed by atoms with Crippen LogP contribution in [0.4, 0.5) is 0 Å². The van der Waals surface area contributed by atoms with Crippen molar-refractivity contribution in [1.29, 1.82) is 0 Å². The molecule has 0 aromatic carbocycles. The molecule has 1 rings (SSSR count). The second-order valence-electron chi connectivity index (χ2n) is 5.16. The summed E-state index contributed by atoms with van der Waals surface area (Å²) in [5.41, 5.74) is 5.70. The molecule has 0 spiro atoms. The molecule has 1 aliphatic heterocycles. The Hall–Kier alpha value is -0.610. The first-order valence-electron chi connectivity index (χ1n) is 6.22. The third-order valence-electron chi connectivity index (χ3n) is 3.49. The van der Waals surface area contributed by atoms with Crippen LogP contribution in [0.15, 0.2) is 0 Å². The smallest absolute Gasteiger partial charge is 0.224 e. The average molecular weight is 227 g/mol. The third kappa shape index (κ3) is 4.10. The summed E-state index contributed by atoms with van der Waals surface area (Å²) in [5.74, 6) is 0.590. The Morgan fingerprint density at radius 1 is 1.56 bits per heavy atom. The fourth-order valence-electron chi connectivity index (χ4n) is 2.08. The van der Waals surface area contributed by atoms with Gasteiger partial charge in [0.25, 0.3) is 0 Å². The van der Waals surface area contributed by atoms with E-state index in [1.54, 1.807) is 0 Å². The Labute approximate surface area is 98.6 Å². The highest BCUT2D eigenvalue weighted by molar-refractivity contribution is 5.78. The zero-order valence-electron chi connectivity index (χ0n) is 10.7. The van der Waals surface area contributed by atoms with E-state index < -0.39 is 0 Å². The van der Waals surface area contributed by atoms with Gasteiger partial charge in [-0.1, -0.05) is 6.92 Å². The van der Waals surface area contributed by atoms with Crippen molar-refractivity contribution in [1.82, 2.24) is 10.2 Å². The third-order valence-corrected chi connectivity index (χ3v) is 3.49. The van der Waals surface area contributed by atoms with Crippen molar-refractivity contribution in [2.45, 2.75) is 32.7 Å². The largest absolute Gasteiger partial charge is 0.355 e. The summed E-state index contributed by atoms with van der Waals surface area (Å²) in [6.07, 6.45) is 2.46. The van der Waals surface area contributed by atoms with E-state index in [2.05, 4.69) is 17.3 Å². The van der Waals surface area contributed by atoms with E-state index >= 15 is 0 Å². The molecule has 0 aromatic heterocycles. The molecule has 0 saturated carbocycles. The minimum Gasteiger partial charge on any atom is -0.355 e. The number of nitrogens with one attached hydrogen (secondary N) is 1. The zero-order valence-corrected chi connectivity index (χ0v) is 10.7. The zero-order chi connectivity index (χ0) is 12.1. The van der Waals surface area contributed by atoms with Gasteiger partial charge in [-0.05, 0) is 39.3 Å². The van der Waals surface area contributed by atoms with Crippen molar-refractivity contribution in [2.75, 3.05) is 26.7 Å². The van der Waals surface area contributed by atoms with Gasteiger partial charge in [0, 0.05) is 25.0 Å². The summed E-state index contributed by atoms with van der Waals surface area (Å²) in [5, 5.41) is 3.01. The van der Waals surface area contributed by atoms with Crippen LogP contribution in [0.3, 0.4) is 0 Å². The lowest BCUT2D eigenvalue weighted by Gasteiger charge is -2.30. The number of carbonyl (C=O) groups excluding carboxylic acids is 1. The van der Waals surface area contributed by atoms with E-state index in [0.29, 0.717) is 5.92 Å². The minimum atomic E-state index is -0.0960. The molecule has 1 saturated heterocycles. The lowest BCUT2D eigenvalue weighted by atomic mass is 9.97. The maximum atomic E-state index is 11.7. The molecule has 1 heterocycles. The first-order valence-corrected chi connectivity index (χ1v) is 6.22. The Morgan fingerprint density at radius 2 is 2.25 bits per heavy atom. The Kier molecular flexibility index (Phi) is 5.22. The summed E-state index contributed by atoms with van der Waals surface area (Å²) in [4.78, 5) is 14.0. The molecule has 4 heteroatoms. The standard InChI is InChI=1S/C12H25N3O/c1-9(10(2)13)12(16)14-7-11-5-4-6-15(3)8-11/h9-11H,4-8,13H2,1-3H3,(H,14,16). The molecule has 94 valence electrons. The van der Waals surface area contributed by atoms with Gasteiger partial charge in [-0.2, -0.15) is 0 Å². The Bertz CT molecular complexity index is 230. The highest BCUT2D eigenvalue weighted by atomic mass is 16.1. The molecule has 3 atom stereocenters. The number of piperidine rings is 1. The number of nitrogens with zero attached hydrogens (tertiary/aromatic N) is 1. The second-order valence-corrected chi connectivity index (χ2v) is 5.16. The number of amides is 1. The van der Waals surface area contributed by atoms with Gasteiger partial charge in [0.05, 0.1) is 0 Å². The monoisotopic (exact) mass is 227 g/mol. The number of likely N-dealkylation sites (tertiary alicyclic amines) is 1. The Balaban J connectivity index is 2.25. The van der Waals surface area contributed by atoms with Crippen LogP contribution < -0.4 is 11.1 Å². The molecule has 1 fully saturated rings. The predicted molar refractivity (Wildman–Crippen MR) is 66.0 cm³/mol. The maximum Gasteiger partial charge on any atom is 0.224 e. The van der Waals surface area contributed by atoms with Gasteiger partial charge in [0.2, 0.25) is 5.91 Å². The van der Waals surface area contributed by atoms with Gasteiger partial charge in [-0.25, -0.2) is 0 Å². The minimum absolute atomic E-state index is 0.0750. The molecule has 1 amide bonds. The van der Waals surface area contributed by atoms with Crippen molar-refractivity contribution >= 4 is 5.91 Å². The van der Waals surface area contributed by atoms with Crippen molar-refractivity contribution < 1.29 is 4.79 Å². The van der Waals surface area contributed by atoms with Crippen LogP contribution in [0.5, 0.6) is 0 Å². The van der Waals surface area contributed by atoms with Crippen LogP contribution >= 0.6 is 0 Å². The highest BCUT2D eigenvalue weighted by Crippen LogP contribution is 2.14. The van der Waals surface area contributed by atoms with Crippen LogP contribution in [0.2, 0.25) is 0 Å². The van der Waals surface area contributed by atoms with Crippen LogP contribution in [0, 0.1) is 11.8 Å². The molecule has 1 aliphatic rings. The summed E-state index contributed by atoms with van der Waals surface area (Å²) < 4.78 is 0. The number of hydrogen-bond acceptors (Lipinski definition) is 3. The van der Waals surface area contributed by atoms with Crippen molar-refractivity contribution in [3.05, 3.63) is 0 Å². The first kappa shape index (κ1) is 13.5. The van der Waals surface area contributed by atoms with E-state index in [4.69, 9.17) is 5.73 Å². The van der Waals surface area contributed by atoms with Crippen molar-refractivity contribution in [3.63, 3.8) is 0 Å². The van der Waals surface area contributed by atoms with Crippen LogP contribution in [0.25, 0.3) is 0 Å². The fourth-order valence-corrected chi connectivity index (χ4v) is 2.08. The first-order chi connectivity index (χ1) is 7.50. The SMILES string of the molecule is CC(N)C(C)C(=O)NCC1CCCN(C)C1. The lowest BCUT2D eigenvalue weighted by molar-refractivity contribution is -0.125. The van der Waals surface area contributed by atoms with Gasteiger partial charge in [-0.3, -0.25) is 4.79 Å². The van der Waals surface area contributed by atoms with Crippen molar-refractivity contribution in [2.24, 2.45) is 17.6 Å². The van der Waals surface area contributed by atoms with Gasteiger partial charge in [-0.15, -0.1) is 0 Å². The van der Waals surface area contributed by atoms with Crippen LogP contribution in [-0.2, 0) is 4.79 Å². The summed E-state index contributed by atoms with van der Waals surface area (Å²) in [6, 6.07) is -0.0750. The lowest BCUT2D eigenvalue weighted by Crippen LogP contribution is -2.43. The van der Waals surface area contributed by atoms with Crippen LogP contribution in [0.1, 0.15) is 26.7 Å². The summed E-state index contributed by atoms with van der Waals surface area (Å²) in [7, 11) is 2.14. The second kappa shape index (κ2) is 6.21. The molecular weight excluding hydrogens is 202 g/mol. The maximum absolute atomic E-state index is 11.7. The van der Waals surface area contributed by atoms with Crippen molar-refractivity contribution in [3.8, 4) is 0 Å². The summed E-state index contributed by atoms with van der Waals surface area (Å²) in [6.45, 7) is 6.82. The molecule has 3 N–H and O–H groups in total. The van der Waals surface area contributed by atoms with Gasteiger partial charge >= 0.3 is 0 Å². The molecule has 3 unspecified atom stereocenters. The molecule has 4 nitrogen and oxygen atoms in total. The Morgan fingerprint density at radius 3 is 2.81 bits per heavy atom. The normalized spacial score (nSPS) is 26.1. The van der Waals surface area contributed by atoms with E-state index in [9.17, 15) is 4.79 Å². The van der Waals surface area contributed by atoms with Gasteiger partial charge in [0.1, 0.15) is 0 Å². The molecule has 0 bridgehead atoms. The molecule has 16 heavy (non-hydrogen) atoms. The quantitative estimate of drug-likeness (QED) is 0.732. The van der Waals surface area contributed by atoms with Crippen LogP contribution in [-0.4, -0.2) is 43.5 Å². The number of hydrogen-bond donors (Lipinski definition) is 2. The summed E-state index contributed by atoms with van der Waals surface area (Å²) >= 11 is 0. The topological polar surface area (TPSA) is 58.4 Å². The molecule has 0 aliphatic carbocycles.